The zero-order valence-corrected chi connectivity index (χ0v) is 38.0. The largest absolute Gasteiger partial charge is 0.309 e. The van der Waals surface area contributed by atoms with Gasteiger partial charge in [0.15, 0.2) is 17.5 Å². The summed E-state index contributed by atoms with van der Waals surface area (Å²) >= 11 is 1.79. The van der Waals surface area contributed by atoms with Gasteiger partial charge in [0.05, 0.1) is 22.1 Å². The highest BCUT2D eigenvalue weighted by atomic mass is 32.1. The van der Waals surface area contributed by atoms with Gasteiger partial charge in [-0.1, -0.05) is 164 Å². The molecule has 4 aromatic heterocycles. The van der Waals surface area contributed by atoms with Gasteiger partial charge in [0.2, 0.25) is 0 Å². The third-order valence-electron chi connectivity index (χ3n) is 13.6. The zero-order chi connectivity index (χ0) is 45.4. The van der Waals surface area contributed by atoms with E-state index in [-0.39, 0.29) is 0 Å². The van der Waals surface area contributed by atoms with Crippen molar-refractivity contribution in [3.8, 4) is 67.8 Å². The maximum absolute atomic E-state index is 5.11. The molecule has 10 aromatic carbocycles. The molecule has 0 bridgehead atoms. The molecule has 0 aliphatic rings. The SMILES string of the molecule is c1ccc(-c2ccc3c4ccccc4n(-c4ccc5c(c4)c4cc(-c6ccc7sc8c(-c9nc(-c%10ccccc%10)nc(-c%10ccccc%10)n9)cccc8c7c6)ccc4n5-c4ccccc4)c3c2)cc1. The number of hydrogen-bond acceptors (Lipinski definition) is 4. The highest BCUT2D eigenvalue weighted by Crippen LogP contribution is 2.43. The van der Waals surface area contributed by atoms with Crippen molar-refractivity contribution in [3.63, 3.8) is 0 Å². The number of thiophene rings is 1. The molecular weight excluding hydrogens is 859 g/mol. The van der Waals surface area contributed by atoms with E-state index < -0.39 is 0 Å². The van der Waals surface area contributed by atoms with Crippen LogP contribution < -0.4 is 0 Å². The molecule has 0 saturated carbocycles. The van der Waals surface area contributed by atoms with E-state index in [0.717, 1.165) is 32.8 Å². The molecule has 0 saturated heterocycles. The maximum atomic E-state index is 5.11. The molecule has 69 heavy (non-hydrogen) atoms. The van der Waals surface area contributed by atoms with Gasteiger partial charge >= 0.3 is 0 Å². The third kappa shape index (κ3) is 6.49. The molecule has 14 aromatic rings. The van der Waals surface area contributed by atoms with Crippen molar-refractivity contribution in [2.24, 2.45) is 0 Å². The summed E-state index contributed by atoms with van der Waals surface area (Å²) in [5.41, 5.74) is 14.6. The number of fused-ring (bicyclic) bond motifs is 9. The fourth-order valence-electron chi connectivity index (χ4n) is 10.3. The third-order valence-corrected chi connectivity index (χ3v) is 14.8. The number of hydrogen-bond donors (Lipinski definition) is 0. The molecule has 322 valence electrons. The summed E-state index contributed by atoms with van der Waals surface area (Å²) in [6.45, 7) is 0. The molecule has 0 amide bonds. The van der Waals surface area contributed by atoms with E-state index in [1.54, 1.807) is 11.3 Å². The molecule has 0 fully saturated rings. The highest BCUT2D eigenvalue weighted by Gasteiger charge is 2.20. The Kier molecular flexibility index (Phi) is 9.00. The van der Waals surface area contributed by atoms with Crippen molar-refractivity contribution in [1.29, 1.82) is 0 Å². The normalized spacial score (nSPS) is 11.8. The second kappa shape index (κ2) is 15.8. The Labute approximate surface area is 401 Å². The summed E-state index contributed by atoms with van der Waals surface area (Å²) in [6, 6.07) is 84.8. The smallest absolute Gasteiger partial charge is 0.165 e. The van der Waals surface area contributed by atoms with Crippen LogP contribution in [0.15, 0.2) is 237 Å². The molecule has 5 nitrogen and oxygen atoms in total. The van der Waals surface area contributed by atoms with Crippen molar-refractivity contribution in [2.45, 2.75) is 0 Å². The van der Waals surface area contributed by atoms with E-state index >= 15 is 0 Å². The summed E-state index contributed by atoms with van der Waals surface area (Å²) in [6.07, 6.45) is 0. The lowest BCUT2D eigenvalue weighted by Crippen LogP contribution is -2.00. The minimum atomic E-state index is 0.656. The number of benzene rings is 10. The Bertz CT molecular complexity index is 4230. The van der Waals surface area contributed by atoms with Crippen LogP contribution in [-0.4, -0.2) is 24.1 Å². The monoisotopic (exact) mass is 897 g/mol. The van der Waals surface area contributed by atoms with E-state index in [9.17, 15) is 0 Å². The molecular formula is C63H39N5S. The van der Waals surface area contributed by atoms with Crippen molar-refractivity contribution in [2.75, 3.05) is 0 Å². The fourth-order valence-corrected chi connectivity index (χ4v) is 11.5. The van der Waals surface area contributed by atoms with Crippen LogP contribution in [0.2, 0.25) is 0 Å². The molecule has 4 heterocycles. The molecule has 0 unspecified atom stereocenters. The van der Waals surface area contributed by atoms with E-state index in [0.29, 0.717) is 17.5 Å². The predicted octanol–water partition coefficient (Wildman–Crippen LogP) is 16.8. The zero-order valence-electron chi connectivity index (χ0n) is 37.2. The first-order valence-electron chi connectivity index (χ1n) is 23.3. The lowest BCUT2D eigenvalue weighted by molar-refractivity contribution is 1.08. The lowest BCUT2D eigenvalue weighted by Gasteiger charge is -2.11. The van der Waals surface area contributed by atoms with Crippen molar-refractivity contribution < 1.29 is 0 Å². The Morgan fingerprint density at radius 1 is 0.275 bits per heavy atom. The van der Waals surface area contributed by atoms with Crippen LogP contribution in [0.25, 0.3) is 132 Å². The minimum Gasteiger partial charge on any atom is -0.309 e. The molecule has 0 aliphatic carbocycles. The molecule has 14 rings (SSSR count). The Balaban J connectivity index is 0.933. The maximum Gasteiger partial charge on any atom is 0.165 e. The molecule has 0 atom stereocenters. The number of aromatic nitrogens is 5. The van der Waals surface area contributed by atoms with Gasteiger partial charge in [-0.05, 0) is 95.1 Å². The molecule has 6 heteroatoms. The molecule has 0 aliphatic heterocycles. The van der Waals surface area contributed by atoms with Crippen molar-refractivity contribution >= 4 is 75.1 Å². The first-order valence-corrected chi connectivity index (χ1v) is 24.1. The van der Waals surface area contributed by atoms with Crippen molar-refractivity contribution in [3.05, 3.63) is 237 Å². The number of rotatable bonds is 7. The highest BCUT2D eigenvalue weighted by molar-refractivity contribution is 7.26. The van der Waals surface area contributed by atoms with Gasteiger partial charge in [-0.25, -0.2) is 15.0 Å². The Morgan fingerprint density at radius 2 is 0.783 bits per heavy atom. The lowest BCUT2D eigenvalue weighted by atomic mass is 10.00. The number of nitrogens with zero attached hydrogens (tertiary/aromatic N) is 5. The van der Waals surface area contributed by atoms with Crippen LogP contribution in [0.3, 0.4) is 0 Å². The minimum absolute atomic E-state index is 0.656. The second-order valence-electron chi connectivity index (χ2n) is 17.6. The summed E-state index contributed by atoms with van der Waals surface area (Å²) in [5.74, 6) is 1.98. The summed E-state index contributed by atoms with van der Waals surface area (Å²) in [7, 11) is 0. The van der Waals surface area contributed by atoms with E-state index in [1.807, 2.05) is 36.4 Å². The van der Waals surface area contributed by atoms with Gasteiger partial charge in [0, 0.05) is 69.8 Å². The number of para-hydroxylation sites is 2. The van der Waals surface area contributed by atoms with Gasteiger partial charge in [0.25, 0.3) is 0 Å². The van der Waals surface area contributed by atoms with Crippen LogP contribution in [0.1, 0.15) is 0 Å². The topological polar surface area (TPSA) is 48.5 Å². The van der Waals surface area contributed by atoms with Crippen LogP contribution in [-0.2, 0) is 0 Å². The first kappa shape index (κ1) is 39.2. The second-order valence-corrected chi connectivity index (χ2v) is 18.6. The van der Waals surface area contributed by atoms with E-state index in [1.165, 1.54) is 81.3 Å². The van der Waals surface area contributed by atoms with Gasteiger partial charge in [-0.3, -0.25) is 0 Å². The predicted molar refractivity (Wildman–Crippen MR) is 289 cm³/mol. The molecule has 0 radical (unpaired) electrons. The Morgan fingerprint density at radius 3 is 1.51 bits per heavy atom. The average molecular weight is 898 g/mol. The fraction of sp³-hybridized carbons (Fsp3) is 0. The van der Waals surface area contributed by atoms with E-state index in [2.05, 4.69) is 209 Å². The van der Waals surface area contributed by atoms with Crippen LogP contribution in [0.4, 0.5) is 0 Å². The van der Waals surface area contributed by atoms with Gasteiger partial charge in [-0.15, -0.1) is 11.3 Å². The Hall–Kier alpha value is -8.97. The van der Waals surface area contributed by atoms with Crippen molar-refractivity contribution in [1.82, 2.24) is 24.1 Å². The average Bonchev–Trinajstić information content (AvgIpc) is 4.08. The van der Waals surface area contributed by atoms with E-state index in [4.69, 9.17) is 15.0 Å². The van der Waals surface area contributed by atoms with Crippen LogP contribution >= 0.6 is 11.3 Å². The standard InChI is InChI=1S/C63H39N5S/c1-5-16-40(17-6-1)45-28-32-49-48-24-13-14-27-55(48)68(58(49)38-45)47-31-34-57-53(39-47)52-36-43(29-33-56(52)67(57)46-22-11-4-12-23-46)44-30-35-59-54(37-44)50-25-15-26-51(60(50)69-59)63-65-61(41-18-7-2-8-19-41)64-62(66-63)42-20-9-3-10-21-42/h1-39H. The summed E-state index contributed by atoms with van der Waals surface area (Å²) in [4.78, 5) is 15.2. The summed E-state index contributed by atoms with van der Waals surface area (Å²) < 4.78 is 7.22. The van der Waals surface area contributed by atoms with Gasteiger partial charge in [0.1, 0.15) is 0 Å². The molecule has 0 spiro atoms. The first-order chi connectivity index (χ1) is 34.2. The van der Waals surface area contributed by atoms with Crippen LogP contribution in [0.5, 0.6) is 0 Å². The molecule has 0 N–H and O–H groups in total. The quantitative estimate of drug-likeness (QED) is 0.160. The van der Waals surface area contributed by atoms with Crippen LogP contribution in [0, 0.1) is 0 Å². The summed E-state index contributed by atoms with van der Waals surface area (Å²) in [5, 5.41) is 7.29. The van der Waals surface area contributed by atoms with Gasteiger partial charge in [-0.2, -0.15) is 0 Å². The van der Waals surface area contributed by atoms with Gasteiger partial charge < -0.3 is 9.13 Å².